The van der Waals surface area contributed by atoms with Gasteiger partial charge in [-0.2, -0.15) is 0 Å². The molecule has 1 saturated carbocycles. The van der Waals surface area contributed by atoms with E-state index in [2.05, 4.69) is 24.1 Å². The van der Waals surface area contributed by atoms with Crippen LogP contribution in [-0.4, -0.2) is 47.8 Å². The molecule has 2 rings (SSSR count). The highest BCUT2D eigenvalue weighted by atomic mass is 16.3. The molecule has 0 aromatic heterocycles. The fourth-order valence-electron chi connectivity index (χ4n) is 3.98. The van der Waals surface area contributed by atoms with Crippen molar-refractivity contribution in [3.63, 3.8) is 0 Å². The predicted molar refractivity (Wildman–Crippen MR) is 84.9 cm³/mol. The van der Waals surface area contributed by atoms with Crippen LogP contribution in [0.5, 0.6) is 0 Å². The zero-order chi connectivity index (χ0) is 14.4. The van der Waals surface area contributed by atoms with Gasteiger partial charge in [0, 0.05) is 18.1 Å². The van der Waals surface area contributed by atoms with Crippen molar-refractivity contribution < 1.29 is 5.11 Å². The van der Waals surface area contributed by atoms with Gasteiger partial charge >= 0.3 is 0 Å². The molecule has 0 amide bonds. The molecule has 2 fully saturated rings. The fourth-order valence-corrected chi connectivity index (χ4v) is 3.98. The average molecular weight is 282 g/mol. The van der Waals surface area contributed by atoms with Gasteiger partial charge in [0.25, 0.3) is 0 Å². The average Bonchev–Trinajstić information content (AvgIpc) is 2.48. The van der Waals surface area contributed by atoms with Crippen LogP contribution in [0.2, 0.25) is 0 Å². The van der Waals surface area contributed by atoms with Gasteiger partial charge in [-0.3, -0.25) is 0 Å². The summed E-state index contributed by atoms with van der Waals surface area (Å²) < 4.78 is 0. The second kappa shape index (κ2) is 8.35. The van der Waals surface area contributed by atoms with Gasteiger partial charge in [-0.05, 0) is 51.1 Å². The third-order valence-electron chi connectivity index (χ3n) is 5.07. The number of piperidine rings is 1. The first-order chi connectivity index (χ1) is 9.69. The van der Waals surface area contributed by atoms with Crippen molar-refractivity contribution in [3.05, 3.63) is 0 Å². The van der Waals surface area contributed by atoms with Gasteiger partial charge in [0.15, 0.2) is 0 Å². The van der Waals surface area contributed by atoms with Gasteiger partial charge in [-0.25, -0.2) is 0 Å². The van der Waals surface area contributed by atoms with E-state index in [1.807, 2.05) is 0 Å². The van der Waals surface area contributed by atoms with Gasteiger partial charge in [0.05, 0.1) is 6.61 Å². The lowest BCUT2D eigenvalue weighted by Crippen LogP contribution is -2.50. The van der Waals surface area contributed by atoms with Gasteiger partial charge in [-0.15, -0.1) is 0 Å². The maximum absolute atomic E-state index is 9.49. The van der Waals surface area contributed by atoms with Crippen LogP contribution in [0.15, 0.2) is 0 Å². The van der Waals surface area contributed by atoms with Crippen molar-refractivity contribution >= 4 is 0 Å². The van der Waals surface area contributed by atoms with Crippen LogP contribution >= 0.6 is 0 Å². The highest BCUT2D eigenvalue weighted by Gasteiger charge is 2.27. The van der Waals surface area contributed by atoms with E-state index >= 15 is 0 Å². The predicted octanol–water partition coefficient (Wildman–Crippen LogP) is 2.78. The molecular weight excluding hydrogens is 248 g/mol. The number of likely N-dealkylation sites (tertiary alicyclic amines) is 1. The Morgan fingerprint density at radius 2 is 1.70 bits per heavy atom. The maximum atomic E-state index is 9.49. The molecule has 1 unspecified atom stereocenters. The van der Waals surface area contributed by atoms with E-state index in [9.17, 15) is 5.11 Å². The fraction of sp³-hybridized carbons (Fsp3) is 1.00. The van der Waals surface area contributed by atoms with Crippen LogP contribution in [0.1, 0.15) is 65.2 Å². The van der Waals surface area contributed by atoms with E-state index in [1.54, 1.807) is 0 Å². The van der Waals surface area contributed by atoms with Crippen molar-refractivity contribution in [3.8, 4) is 0 Å². The Balaban J connectivity index is 1.70. The monoisotopic (exact) mass is 282 g/mol. The van der Waals surface area contributed by atoms with Gasteiger partial charge < -0.3 is 15.3 Å². The van der Waals surface area contributed by atoms with E-state index < -0.39 is 0 Å². The summed E-state index contributed by atoms with van der Waals surface area (Å²) in [6.07, 6.45) is 10.8. The van der Waals surface area contributed by atoms with Crippen LogP contribution < -0.4 is 5.32 Å². The molecule has 1 saturated heterocycles. The Hall–Kier alpha value is -0.120. The van der Waals surface area contributed by atoms with Crippen molar-refractivity contribution in [1.29, 1.82) is 0 Å². The standard InChI is InChI=1S/C17H34N2O/c1-14(2)12-16(13-20)18-15-8-10-19(11-9-15)17-6-4-3-5-7-17/h14-18,20H,3-13H2,1-2H3. The summed E-state index contributed by atoms with van der Waals surface area (Å²) in [5.74, 6) is 0.655. The second-order valence-corrected chi connectivity index (χ2v) is 7.28. The molecule has 0 radical (unpaired) electrons. The summed E-state index contributed by atoms with van der Waals surface area (Å²) in [6, 6.07) is 1.78. The molecule has 0 spiro atoms. The summed E-state index contributed by atoms with van der Waals surface area (Å²) in [4.78, 5) is 2.73. The first-order valence-corrected chi connectivity index (χ1v) is 8.80. The Kier molecular flexibility index (Phi) is 6.79. The SMILES string of the molecule is CC(C)CC(CO)NC1CCN(C2CCCCC2)CC1. The first kappa shape index (κ1) is 16.3. The summed E-state index contributed by atoms with van der Waals surface area (Å²) >= 11 is 0. The quantitative estimate of drug-likeness (QED) is 0.786. The number of hydrogen-bond acceptors (Lipinski definition) is 3. The van der Waals surface area contributed by atoms with E-state index in [0.29, 0.717) is 18.0 Å². The minimum atomic E-state index is 0.279. The summed E-state index contributed by atoms with van der Waals surface area (Å²) in [5, 5.41) is 13.2. The van der Waals surface area contributed by atoms with Gasteiger partial charge in [0.2, 0.25) is 0 Å². The second-order valence-electron chi connectivity index (χ2n) is 7.28. The molecule has 0 aromatic rings. The maximum Gasteiger partial charge on any atom is 0.0584 e. The summed E-state index contributed by atoms with van der Waals surface area (Å²) in [6.45, 7) is 7.25. The Morgan fingerprint density at radius 3 is 2.25 bits per heavy atom. The molecule has 3 nitrogen and oxygen atoms in total. The van der Waals surface area contributed by atoms with Crippen LogP contribution in [0, 0.1) is 5.92 Å². The zero-order valence-electron chi connectivity index (χ0n) is 13.5. The number of rotatable bonds is 6. The third kappa shape index (κ3) is 5.01. The molecule has 2 aliphatic rings. The molecule has 3 heteroatoms. The van der Waals surface area contributed by atoms with Gasteiger partial charge in [-0.1, -0.05) is 33.1 Å². The molecule has 0 aromatic carbocycles. The number of aliphatic hydroxyl groups is 1. The lowest BCUT2D eigenvalue weighted by molar-refractivity contribution is 0.107. The minimum absolute atomic E-state index is 0.279. The van der Waals surface area contributed by atoms with E-state index in [-0.39, 0.29) is 6.61 Å². The molecule has 1 atom stereocenters. The highest BCUT2D eigenvalue weighted by Crippen LogP contribution is 2.25. The lowest BCUT2D eigenvalue weighted by atomic mass is 9.92. The van der Waals surface area contributed by atoms with Crippen LogP contribution in [0.25, 0.3) is 0 Å². The minimum Gasteiger partial charge on any atom is -0.395 e. The smallest absolute Gasteiger partial charge is 0.0584 e. The Morgan fingerprint density at radius 1 is 1.05 bits per heavy atom. The summed E-state index contributed by atoms with van der Waals surface area (Å²) in [5.41, 5.74) is 0. The zero-order valence-corrected chi connectivity index (χ0v) is 13.5. The summed E-state index contributed by atoms with van der Waals surface area (Å²) in [7, 11) is 0. The third-order valence-corrected chi connectivity index (χ3v) is 5.07. The van der Waals surface area contributed by atoms with Crippen molar-refractivity contribution in [1.82, 2.24) is 10.2 Å². The highest BCUT2D eigenvalue weighted by molar-refractivity contribution is 4.85. The van der Waals surface area contributed by atoms with E-state index in [0.717, 1.165) is 12.5 Å². The number of nitrogens with one attached hydrogen (secondary N) is 1. The van der Waals surface area contributed by atoms with Crippen molar-refractivity contribution in [2.75, 3.05) is 19.7 Å². The van der Waals surface area contributed by atoms with Crippen molar-refractivity contribution in [2.45, 2.75) is 83.3 Å². The number of nitrogens with zero attached hydrogens (tertiary/aromatic N) is 1. The molecule has 2 N–H and O–H groups in total. The lowest BCUT2D eigenvalue weighted by Gasteiger charge is -2.40. The first-order valence-electron chi connectivity index (χ1n) is 8.80. The molecule has 1 aliphatic heterocycles. The van der Waals surface area contributed by atoms with Crippen LogP contribution in [-0.2, 0) is 0 Å². The molecule has 0 bridgehead atoms. The van der Waals surface area contributed by atoms with E-state index in [4.69, 9.17) is 0 Å². The van der Waals surface area contributed by atoms with Crippen LogP contribution in [0.3, 0.4) is 0 Å². The Labute approximate surface area is 125 Å². The van der Waals surface area contributed by atoms with E-state index in [1.165, 1.54) is 58.0 Å². The molecule has 118 valence electrons. The normalized spacial score (nSPS) is 25.2. The molecule has 1 aliphatic carbocycles. The number of aliphatic hydroxyl groups excluding tert-OH is 1. The van der Waals surface area contributed by atoms with Crippen LogP contribution in [0.4, 0.5) is 0 Å². The topological polar surface area (TPSA) is 35.5 Å². The van der Waals surface area contributed by atoms with Gasteiger partial charge in [0.1, 0.15) is 0 Å². The largest absolute Gasteiger partial charge is 0.395 e. The van der Waals surface area contributed by atoms with Crippen molar-refractivity contribution in [2.24, 2.45) is 5.92 Å². The number of hydrogen-bond donors (Lipinski definition) is 2. The Bertz CT molecular complexity index is 256. The molecular formula is C17H34N2O. The molecule has 20 heavy (non-hydrogen) atoms. The molecule has 1 heterocycles.